The van der Waals surface area contributed by atoms with Crippen LogP contribution < -0.4 is 5.56 Å². The van der Waals surface area contributed by atoms with Gasteiger partial charge in [-0.15, -0.1) is 0 Å². The van der Waals surface area contributed by atoms with Crippen molar-refractivity contribution >= 4 is 11.3 Å². The molecule has 1 N–H and O–H groups in total. The Hall–Kier alpha value is -3.35. The van der Waals surface area contributed by atoms with Crippen molar-refractivity contribution in [2.75, 3.05) is 0 Å². The predicted molar refractivity (Wildman–Crippen MR) is 89.6 cm³/mol. The normalized spacial score (nSPS) is 11.1. The Morgan fingerprint density at radius 2 is 1.88 bits per heavy atom. The third-order valence-corrected chi connectivity index (χ3v) is 3.91. The molecule has 0 aliphatic heterocycles. The molecule has 0 saturated carbocycles. The maximum Gasteiger partial charge on any atom is 0.271 e. The third kappa shape index (κ3) is 3.03. The molecule has 2 aromatic heterocycles. The first-order valence-corrected chi connectivity index (χ1v) is 7.66. The molecule has 0 radical (unpaired) electrons. The van der Waals surface area contributed by atoms with Gasteiger partial charge in [-0.25, -0.2) is 14.0 Å². The van der Waals surface area contributed by atoms with Gasteiger partial charge in [-0.2, -0.15) is 0 Å². The Morgan fingerprint density at radius 1 is 1.08 bits per heavy atom. The van der Waals surface area contributed by atoms with E-state index in [0.29, 0.717) is 12.1 Å². The van der Waals surface area contributed by atoms with E-state index in [9.17, 15) is 9.18 Å². The largest absolute Gasteiger partial charge is 0.299 e. The second-order valence-corrected chi connectivity index (χ2v) is 5.84. The van der Waals surface area contributed by atoms with Crippen molar-refractivity contribution in [2.45, 2.75) is 13.3 Å². The summed E-state index contributed by atoms with van der Waals surface area (Å²) in [4.78, 5) is 18.8. The highest BCUT2D eigenvalue weighted by atomic mass is 19.1. The zero-order valence-electron chi connectivity index (χ0n) is 13.3. The monoisotopic (exact) mass is 336 g/mol. The molecule has 2 heterocycles. The molecule has 0 bridgehead atoms. The van der Waals surface area contributed by atoms with Crippen molar-refractivity contribution in [3.05, 3.63) is 75.5 Å². The Morgan fingerprint density at radius 3 is 2.64 bits per heavy atom. The van der Waals surface area contributed by atoms with Crippen molar-refractivity contribution < 1.29 is 9.02 Å². The second kappa shape index (κ2) is 5.94. The molecule has 0 atom stereocenters. The summed E-state index contributed by atoms with van der Waals surface area (Å²) in [6.07, 6.45) is 0.348. The van der Waals surface area contributed by atoms with Crippen molar-refractivity contribution in [3.8, 4) is 11.1 Å². The van der Waals surface area contributed by atoms with Gasteiger partial charge in [0, 0.05) is 6.42 Å². The van der Waals surface area contributed by atoms with E-state index >= 15 is 0 Å². The maximum absolute atomic E-state index is 13.6. The summed E-state index contributed by atoms with van der Waals surface area (Å²) in [7, 11) is 0. The van der Waals surface area contributed by atoms with Gasteiger partial charge in [-0.1, -0.05) is 30.3 Å². The molecule has 0 saturated heterocycles. The van der Waals surface area contributed by atoms with Crippen LogP contribution in [0.5, 0.6) is 0 Å². The summed E-state index contributed by atoms with van der Waals surface area (Å²) in [6.45, 7) is 1.85. The molecule has 0 aliphatic rings. The predicted octanol–water partition coefficient (Wildman–Crippen LogP) is 3.01. The van der Waals surface area contributed by atoms with E-state index in [-0.39, 0.29) is 22.7 Å². The third-order valence-electron chi connectivity index (χ3n) is 3.91. The van der Waals surface area contributed by atoms with Crippen LogP contribution in [-0.4, -0.2) is 20.3 Å². The number of rotatable bonds is 3. The molecule has 25 heavy (non-hydrogen) atoms. The SMILES string of the molecule is Cc1cc(F)cc(-c2ccc(Cc3nc4nonc4[nH]c3=O)cc2)c1. The van der Waals surface area contributed by atoms with Gasteiger partial charge in [0.25, 0.3) is 5.56 Å². The van der Waals surface area contributed by atoms with Gasteiger partial charge in [-0.3, -0.25) is 9.78 Å². The van der Waals surface area contributed by atoms with Crippen LogP contribution in [0.2, 0.25) is 0 Å². The highest BCUT2D eigenvalue weighted by Crippen LogP contribution is 2.22. The molecule has 7 heteroatoms. The Kier molecular flexibility index (Phi) is 3.61. The van der Waals surface area contributed by atoms with Crippen LogP contribution in [0.4, 0.5) is 4.39 Å². The van der Waals surface area contributed by atoms with Crippen LogP contribution in [0, 0.1) is 12.7 Å². The van der Waals surface area contributed by atoms with Crippen molar-refractivity contribution in [1.82, 2.24) is 20.3 Å². The van der Waals surface area contributed by atoms with E-state index in [1.165, 1.54) is 12.1 Å². The van der Waals surface area contributed by atoms with Crippen molar-refractivity contribution in [1.29, 1.82) is 0 Å². The summed E-state index contributed by atoms with van der Waals surface area (Å²) < 4.78 is 18.1. The van der Waals surface area contributed by atoms with Gasteiger partial charge >= 0.3 is 0 Å². The quantitative estimate of drug-likeness (QED) is 0.622. The fraction of sp³-hybridized carbons (Fsp3) is 0.111. The summed E-state index contributed by atoms with van der Waals surface area (Å²) in [6, 6.07) is 12.5. The maximum atomic E-state index is 13.6. The minimum Gasteiger partial charge on any atom is -0.299 e. The molecular formula is C18H13FN4O2. The topological polar surface area (TPSA) is 84.7 Å². The van der Waals surface area contributed by atoms with E-state index in [1.807, 2.05) is 37.3 Å². The van der Waals surface area contributed by atoms with Crippen LogP contribution in [0.15, 0.2) is 51.9 Å². The Labute approximate surface area is 141 Å². The van der Waals surface area contributed by atoms with Crippen LogP contribution in [0.3, 0.4) is 0 Å². The van der Waals surface area contributed by atoms with Gasteiger partial charge in [0.15, 0.2) is 0 Å². The minimum atomic E-state index is -0.326. The molecule has 0 amide bonds. The average Bonchev–Trinajstić information content (AvgIpc) is 3.02. The van der Waals surface area contributed by atoms with Crippen LogP contribution in [0.1, 0.15) is 16.8 Å². The van der Waals surface area contributed by atoms with Crippen molar-refractivity contribution in [2.24, 2.45) is 0 Å². The lowest BCUT2D eigenvalue weighted by atomic mass is 10.0. The lowest BCUT2D eigenvalue weighted by Gasteiger charge is -2.06. The number of fused-ring (bicyclic) bond motifs is 1. The number of hydrogen-bond donors (Lipinski definition) is 1. The fourth-order valence-electron chi connectivity index (χ4n) is 2.73. The lowest BCUT2D eigenvalue weighted by molar-refractivity contribution is 0.314. The number of hydrogen-bond acceptors (Lipinski definition) is 5. The van der Waals surface area contributed by atoms with Crippen LogP contribution in [-0.2, 0) is 6.42 Å². The van der Waals surface area contributed by atoms with E-state index in [2.05, 4.69) is 24.9 Å². The first kappa shape index (κ1) is 15.2. The Bertz CT molecular complexity index is 1100. The lowest BCUT2D eigenvalue weighted by Crippen LogP contribution is -2.15. The second-order valence-electron chi connectivity index (χ2n) is 5.84. The van der Waals surface area contributed by atoms with Crippen LogP contribution in [0.25, 0.3) is 22.4 Å². The number of halogens is 1. The van der Waals surface area contributed by atoms with E-state index in [0.717, 1.165) is 22.3 Å². The minimum absolute atomic E-state index is 0.227. The highest BCUT2D eigenvalue weighted by molar-refractivity contribution is 5.65. The zero-order chi connectivity index (χ0) is 17.4. The summed E-state index contributed by atoms with van der Waals surface area (Å²) >= 11 is 0. The number of aryl methyl sites for hydroxylation is 1. The van der Waals surface area contributed by atoms with Crippen LogP contribution >= 0.6 is 0 Å². The van der Waals surface area contributed by atoms with Gasteiger partial charge in [0.1, 0.15) is 11.5 Å². The standard InChI is InChI=1S/C18H13FN4O2/c1-10-6-13(9-14(19)7-10)12-4-2-11(3-5-12)8-15-18(24)21-17-16(20-15)22-25-23-17/h2-7,9H,8H2,1H3,(H,21,23,24). The number of aromatic nitrogens is 4. The number of benzene rings is 2. The smallest absolute Gasteiger partial charge is 0.271 e. The Balaban J connectivity index is 1.63. The summed E-state index contributed by atoms with van der Waals surface area (Å²) in [5, 5.41) is 7.18. The molecule has 6 nitrogen and oxygen atoms in total. The van der Waals surface area contributed by atoms with Gasteiger partial charge in [0.05, 0.1) is 0 Å². The van der Waals surface area contributed by atoms with E-state index in [1.54, 1.807) is 0 Å². The average molecular weight is 336 g/mol. The fourth-order valence-corrected chi connectivity index (χ4v) is 2.73. The number of nitrogens with one attached hydrogen (secondary N) is 1. The molecule has 0 fully saturated rings. The molecule has 0 aliphatic carbocycles. The summed E-state index contributed by atoms with van der Waals surface area (Å²) in [5.74, 6) is -0.260. The van der Waals surface area contributed by atoms with Crippen molar-refractivity contribution in [3.63, 3.8) is 0 Å². The number of aromatic amines is 1. The van der Waals surface area contributed by atoms with E-state index < -0.39 is 0 Å². The number of nitrogens with zero attached hydrogens (tertiary/aromatic N) is 3. The molecule has 4 rings (SSSR count). The molecule has 4 aromatic rings. The molecular weight excluding hydrogens is 323 g/mol. The molecule has 0 unspecified atom stereocenters. The van der Waals surface area contributed by atoms with Gasteiger partial charge in [0.2, 0.25) is 11.3 Å². The summed E-state index contributed by atoms with van der Waals surface area (Å²) in [5.41, 5.74) is 3.99. The highest BCUT2D eigenvalue weighted by Gasteiger charge is 2.10. The molecule has 124 valence electrons. The van der Waals surface area contributed by atoms with Gasteiger partial charge in [-0.05, 0) is 51.6 Å². The van der Waals surface area contributed by atoms with Gasteiger partial charge < -0.3 is 0 Å². The van der Waals surface area contributed by atoms with E-state index in [4.69, 9.17) is 0 Å². The molecule has 0 spiro atoms. The molecule has 2 aromatic carbocycles. The first-order valence-electron chi connectivity index (χ1n) is 7.66. The zero-order valence-corrected chi connectivity index (χ0v) is 13.3. The first-order chi connectivity index (χ1) is 12.1. The number of H-pyrrole nitrogens is 1.